The van der Waals surface area contributed by atoms with E-state index in [4.69, 9.17) is 14.2 Å². The summed E-state index contributed by atoms with van der Waals surface area (Å²) in [5.74, 6) is -0.336. The van der Waals surface area contributed by atoms with Crippen LogP contribution >= 0.6 is 0 Å². The van der Waals surface area contributed by atoms with E-state index in [2.05, 4.69) is 0 Å². The van der Waals surface area contributed by atoms with Gasteiger partial charge in [-0.25, -0.2) is 8.78 Å². The van der Waals surface area contributed by atoms with E-state index in [-0.39, 0.29) is 18.9 Å². The fourth-order valence-electron chi connectivity index (χ4n) is 3.68. The van der Waals surface area contributed by atoms with Gasteiger partial charge in [0.05, 0.1) is 6.54 Å². The van der Waals surface area contributed by atoms with Crippen molar-refractivity contribution < 1.29 is 32.9 Å². The Hall–Kier alpha value is -2.87. The van der Waals surface area contributed by atoms with E-state index in [9.17, 15) is 18.7 Å². The molecule has 2 aromatic rings. The maximum atomic E-state index is 13.3. The molecule has 1 fully saturated rings. The molecule has 2 heterocycles. The van der Waals surface area contributed by atoms with Gasteiger partial charge in [-0.3, -0.25) is 4.79 Å². The van der Waals surface area contributed by atoms with Crippen molar-refractivity contribution in [2.75, 3.05) is 26.3 Å². The van der Waals surface area contributed by atoms with Gasteiger partial charge in [-0.15, -0.1) is 0 Å². The number of carbonyl (C=O) groups excluding carboxylic acids is 1. The number of fused-ring (bicyclic) bond motifs is 1. The fourth-order valence-corrected chi connectivity index (χ4v) is 3.68. The standard InChI is InChI=1S/C22H23F2NO5/c23-15-6-4-14(12-16(15)24)5-7-21(27)25-9-8-18(17(26)13-25)30-20-3-1-2-19-22(20)29-11-10-28-19/h1-4,6,12,17-18,26H,5,7-11,13H2/t17-,18-/m1/s1. The van der Waals surface area contributed by atoms with Gasteiger partial charge in [0, 0.05) is 19.4 Å². The molecule has 30 heavy (non-hydrogen) atoms. The molecule has 1 amide bonds. The molecule has 2 atom stereocenters. The summed E-state index contributed by atoms with van der Waals surface area (Å²) in [6.45, 7) is 1.49. The number of likely N-dealkylation sites (tertiary alicyclic amines) is 1. The average molecular weight is 419 g/mol. The maximum absolute atomic E-state index is 13.3. The first-order chi connectivity index (χ1) is 14.5. The van der Waals surface area contributed by atoms with Gasteiger partial charge in [-0.2, -0.15) is 0 Å². The minimum Gasteiger partial charge on any atom is -0.486 e. The Balaban J connectivity index is 1.32. The summed E-state index contributed by atoms with van der Waals surface area (Å²) in [6, 6.07) is 8.98. The van der Waals surface area contributed by atoms with Crippen LogP contribution in [0.25, 0.3) is 0 Å². The zero-order chi connectivity index (χ0) is 21.1. The number of rotatable bonds is 5. The normalized spacial score (nSPS) is 20.7. The molecule has 6 nitrogen and oxygen atoms in total. The summed E-state index contributed by atoms with van der Waals surface area (Å²) < 4.78 is 43.5. The van der Waals surface area contributed by atoms with Crippen LogP contribution in [0.5, 0.6) is 17.2 Å². The largest absolute Gasteiger partial charge is 0.486 e. The SMILES string of the molecule is O=C(CCc1ccc(F)c(F)c1)N1CC[C@@H](Oc2cccc3c2OCCO3)[C@H](O)C1. The summed E-state index contributed by atoms with van der Waals surface area (Å²) in [7, 11) is 0. The molecule has 8 heteroatoms. The lowest BCUT2D eigenvalue weighted by atomic mass is 10.0. The minimum atomic E-state index is -0.925. The highest BCUT2D eigenvalue weighted by molar-refractivity contribution is 5.76. The smallest absolute Gasteiger partial charge is 0.222 e. The predicted molar refractivity (Wildman–Crippen MR) is 104 cm³/mol. The number of carbonyl (C=O) groups is 1. The van der Waals surface area contributed by atoms with Crippen molar-refractivity contribution >= 4 is 5.91 Å². The molecule has 0 spiro atoms. The van der Waals surface area contributed by atoms with Gasteiger partial charge < -0.3 is 24.2 Å². The summed E-state index contributed by atoms with van der Waals surface area (Å²) in [5, 5.41) is 10.5. The van der Waals surface area contributed by atoms with E-state index in [0.717, 1.165) is 12.1 Å². The lowest BCUT2D eigenvalue weighted by Crippen LogP contribution is -2.51. The van der Waals surface area contributed by atoms with Crippen molar-refractivity contribution in [2.45, 2.75) is 31.5 Å². The number of piperidine rings is 1. The van der Waals surface area contributed by atoms with Gasteiger partial charge in [0.1, 0.15) is 25.4 Å². The van der Waals surface area contributed by atoms with Crippen molar-refractivity contribution in [3.05, 3.63) is 53.6 Å². The highest BCUT2D eigenvalue weighted by atomic mass is 19.2. The second kappa shape index (κ2) is 8.87. The number of β-amino-alcohol motifs (C(OH)–C–C–N with tert-alkyl or cyclic N) is 1. The van der Waals surface area contributed by atoms with E-state index in [0.29, 0.717) is 55.4 Å². The Morgan fingerprint density at radius 1 is 1.17 bits per heavy atom. The number of amides is 1. The van der Waals surface area contributed by atoms with Crippen LogP contribution in [-0.4, -0.2) is 54.4 Å². The Morgan fingerprint density at radius 3 is 2.80 bits per heavy atom. The molecule has 0 radical (unpaired) electrons. The van der Waals surface area contributed by atoms with Crippen LogP contribution in [0.1, 0.15) is 18.4 Å². The monoisotopic (exact) mass is 419 g/mol. The fraction of sp³-hybridized carbons (Fsp3) is 0.409. The van der Waals surface area contributed by atoms with E-state index in [1.165, 1.54) is 6.07 Å². The number of nitrogens with zero attached hydrogens (tertiary/aromatic N) is 1. The van der Waals surface area contributed by atoms with Gasteiger partial charge in [0.25, 0.3) is 0 Å². The lowest BCUT2D eigenvalue weighted by molar-refractivity contribution is -0.137. The summed E-state index contributed by atoms with van der Waals surface area (Å²) >= 11 is 0. The minimum absolute atomic E-state index is 0.146. The third kappa shape index (κ3) is 4.48. The van der Waals surface area contributed by atoms with Crippen molar-refractivity contribution in [1.29, 1.82) is 0 Å². The number of hydrogen-bond donors (Lipinski definition) is 1. The van der Waals surface area contributed by atoms with Crippen LogP contribution in [0, 0.1) is 11.6 Å². The third-order valence-corrected chi connectivity index (χ3v) is 5.29. The number of benzene rings is 2. The van der Waals surface area contributed by atoms with Gasteiger partial charge in [-0.1, -0.05) is 12.1 Å². The molecule has 4 rings (SSSR count). The number of para-hydroxylation sites is 1. The van der Waals surface area contributed by atoms with Crippen LogP contribution in [0.3, 0.4) is 0 Å². The van der Waals surface area contributed by atoms with Gasteiger partial charge >= 0.3 is 0 Å². The van der Waals surface area contributed by atoms with Crippen LogP contribution in [0.4, 0.5) is 8.78 Å². The van der Waals surface area contributed by atoms with Gasteiger partial charge in [0.2, 0.25) is 11.7 Å². The molecular formula is C22H23F2NO5. The molecule has 0 unspecified atom stereocenters. The van der Waals surface area contributed by atoms with Gasteiger partial charge in [0.15, 0.2) is 23.1 Å². The number of aliphatic hydroxyl groups is 1. The summed E-state index contributed by atoms with van der Waals surface area (Å²) in [5.41, 5.74) is 0.553. The first-order valence-corrected chi connectivity index (χ1v) is 9.96. The lowest BCUT2D eigenvalue weighted by Gasteiger charge is -2.36. The second-order valence-corrected chi connectivity index (χ2v) is 7.38. The maximum Gasteiger partial charge on any atom is 0.222 e. The first-order valence-electron chi connectivity index (χ1n) is 9.96. The predicted octanol–water partition coefficient (Wildman–Crippen LogP) is 2.71. The van der Waals surface area contributed by atoms with Crippen LogP contribution in [-0.2, 0) is 11.2 Å². The van der Waals surface area contributed by atoms with E-state index in [1.807, 2.05) is 0 Å². The van der Waals surface area contributed by atoms with Crippen molar-refractivity contribution in [3.63, 3.8) is 0 Å². The Bertz CT molecular complexity index is 922. The molecule has 1 saturated heterocycles. The molecule has 0 aromatic heterocycles. The Labute approximate surface area is 173 Å². The zero-order valence-corrected chi connectivity index (χ0v) is 16.4. The third-order valence-electron chi connectivity index (χ3n) is 5.29. The Kier molecular flexibility index (Phi) is 6.03. The summed E-state index contributed by atoms with van der Waals surface area (Å²) in [6.07, 6.45) is -0.414. The molecule has 2 aliphatic heterocycles. The highest BCUT2D eigenvalue weighted by Crippen LogP contribution is 2.40. The van der Waals surface area contributed by atoms with Gasteiger partial charge in [-0.05, 0) is 36.2 Å². The number of aryl methyl sites for hydroxylation is 1. The molecule has 0 saturated carbocycles. The quantitative estimate of drug-likeness (QED) is 0.807. The molecule has 0 bridgehead atoms. The van der Waals surface area contributed by atoms with Crippen molar-refractivity contribution in [1.82, 2.24) is 4.90 Å². The molecular weight excluding hydrogens is 396 g/mol. The van der Waals surface area contributed by atoms with E-state index < -0.39 is 23.8 Å². The topological polar surface area (TPSA) is 68.2 Å². The van der Waals surface area contributed by atoms with Crippen molar-refractivity contribution in [3.8, 4) is 17.2 Å². The van der Waals surface area contributed by atoms with Crippen LogP contribution in [0.15, 0.2) is 36.4 Å². The molecule has 0 aliphatic carbocycles. The zero-order valence-electron chi connectivity index (χ0n) is 16.4. The molecule has 1 N–H and O–H groups in total. The molecule has 2 aliphatic rings. The Morgan fingerprint density at radius 2 is 2.00 bits per heavy atom. The second-order valence-electron chi connectivity index (χ2n) is 7.38. The van der Waals surface area contributed by atoms with Crippen molar-refractivity contribution in [2.24, 2.45) is 0 Å². The molecule has 160 valence electrons. The van der Waals surface area contributed by atoms with E-state index >= 15 is 0 Å². The number of hydrogen-bond acceptors (Lipinski definition) is 5. The highest BCUT2D eigenvalue weighted by Gasteiger charge is 2.32. The average Bonchev–Trinajstić information content (AvgIpc) is 2.76. The molecule has 2 aromatic carbocycles. The first kappa shape index (κ1) is 20.4. The van der Waals surface area contributed by atoms with Crippen LogP contribution in [0.2, 0.25) is 0 Å². The van der Waals surface area contributed by atoms with Crippen LogP contribution < -0.4 is 14.2 Å². The number of halogens is 2. The number of aliphatic hydroxyl groups excluding tert-OH is 1. The van der Waals surface area contributed by atoms with E-state index in [1.54, 1.807) is 23.1 Å². The number of ether oxygens (including phenoxy) is 3. The summed E-state index contributed by atoms with van der Waals surface area (Å²) in [4.78, 5) is 14.1.